The van der Waals surface area contributed by atoms with Crippen LogP contribution in [0.15, 0.2) is 66.6 Å². The van der Waals surface area contributed by atoms with Crippen LogP contribution >= 0.6 is 0 Å². The average Bonchev–Trinajstić information content (AvgIpc) is 2.91. The van der Waals surface area contributed by atoms with Crippen LogP contribution in [-0.4, -0.2) is 30.8 Å². The Balaban J connectivity index is 1.48. The lowest BCUT2D eigenvalue weighted by Crippen LogP contribution is -2.41. The molecule has 0 saturated carbocycles. The number of hydrogen-bond donors (Lipinski definition) is 1. The summed E-state index contributed by atoms with van der Waals surface area (Å²) in [6, 6.07) is 17.7. The number of carbonyl (C=O) groups excluding carboxylic acids is 1. The van der Waals surface area contributed by atoms with Crippen molar-refractivity contribution in [2.45, 2.75) is 38.9 Å². The molecule has 0 radical (unpaired) electrons. The molecule has 1 amide bonds. The van der Waals surface area contributed by atoms with Gasteiger partial charge in [-0.3, -0.25) is 4.79 Å². The minimum atomic E-state index is -0.396. The van der Waals surface area contributed by atoms with E-state index < -0.39 is 7.12 Å². The Morgan fingerprint density at radius 2 is 1.45 bits per heavy atom. The second kappa shape index (κ2) is 8.81. The van der Waals surface area contributed by atoms with E-state index in [1.807, 2.05) is 88.3 Å². The minimum Gasteiger partial charge on any atom is -0.400 e. The van der Waals surface area contributed by atoms with Crippen LogP contribution in [0.3, 0.4) is 0 Å². The van der Waals surface area contributed by atoms with Crippen molar-refractivity contribution in [2.75, 3.05) is 6.54 Å². The van der Waals surface area contributed by atoms with Gasteiger partial charge in [0.25, 0.3) is 5.91 Å². The molecule has 2 aromatic rings. The Labute approximate surface area is 173 Å². The number of nitrogens with one attached hydrogen (secondary N) is 1. The highest BCUT2D eigenvalue weighted by Crippen LogP contribution is 2.36. The molecule has 1 saturated heterocycles. The molecule has 150 valence electrons. The highest BCUT2D eigenvalue weighted by Gasteiger charge is 2.49. The summed E-state index contributed by atoms with van der Waals surface area (Å²) in [4.78, 5) is 12.3. The van der Waals surface area contributed by atoms with Crippen LogP contribution in [0.5, 0.6) is 0 Å². The summed E-state index contributed by atoms with van der Waals surface area (Å²) in [5.41, 5.74) is 2.10. The first-order valence-corrected chi connectivity index (χ1v) is 9.90. The molecule has 2 aromatic carbocycles. The van der Waals surface area contributed by atoms with E-state index in [1.54, 1.807) is 0 Å². The van der Waals surface area contributed by atoms with E-state index >= 15 is 0 Å². The third-order valence-electron chi connectivity index (χ3n) is 5.39. The van der Waals surface area contributed by atoms with Gasteiger partial charge in [0.15, 0.2) is 0 Å². The lowest BCUT2D eigenvalue weighted by Gasteiger charge is -2.32. The number of hydrogen-bond acceptors (Lipinski definition) is 3. The molecule has 0 aliphatic carbocycles. The predicted molar refractivity (Wildman–Crippen MR) is 119 cm³/mol. The largest absolute Gasteiger partial charge is 0.486 e. The fourth-order valence-corrected chi connectivity index (χ4v) is 2.90. The standard InChI is InChI=1S/C24H28BNO3/c1-23(2)24(3,4)29-25(28-23)17-8-18-26-22(27)21-15-13-20(14-16-21)12-11-19-9-6-5-7-10-19/h5-17H,18H2,1-4H3,(H,26,27)/b12-11+,17-8+. The molecule has 0 aromatic heterocycles. The maximum atomic E-state index is 12.3. The quantitative estimate of drug-likeness (QED) is 0.572. The van der Waals surface area contributed by atoms with E-state index in [1.165, 1.54) is 0 Å². The minimum absolute atomic E-state index is 0.109. The van der Waals surface area contributed by atoms with E-state index in [-0.39, 0.29) is 17.1 Å². The van der Waals surface area contributed by atoms with Crippen molar-refractivity contribution < 1.29 is 14.1 Å². The number of rotatable bonds is 6. The second-order valence-electron chi connectivity index (χ2n) is 8.13. The van der Waals surface area contributed by atoms with Gasteiger partial charge in [-0.15, -0.1) is 0 Å². The Morgan fingerprint density at radius 3 is 2.03 bits per heavy atom. The van der Waals surface area contributed by atoms with Gasteiger partial charge in [0, 0.05) is 12.1 Å². The zero-order chi connectivity index (χ0) is 20.9. The molecule has 0 spiro atoms. The Morgan fingerprint density at radius 1 is 0.897 bits per heavy atom. The van der Waals surface area contributed by atoms with Crippen LogP contribution in [0.1, 0.15) is 49.2 Å². The summed E-state index contributed by atoms with van der Waals surface area (Å²) < 4.78 is 11.8. The smallest absolute Gasteiger partial charge is 0.400 e. The molecule has 1 aliphatic rings. The molecule has 29 heavy (non-hydrogen) atoms. The third-order valence-corrected chi connectivity index (χ3v) is 5.39. The molecule has 1 fully saturated rings. The normalized spacial score (nSPS) is 17.9. The van der Waals surface area contributed by atoms with Gasteiger partial charge in [0.1, 0.15) is 0 Å². The first-order valence-electron chi connectivity index (χ1n) is 9.90. The third kappa shape index (κ3) is 5.46. The molecule has 1 heterocycles. The molecule has 0 unspecified atom stereocenters. The maximum absolute atomic E-state index is 12.3. The van der Waals surface area contributed by atoms with Crippen LogP contribution in [0.25, 0.3) is 12.2 Å². The van der Waals surface area contributed by atoms with Crippen LogP contribution in [0.2, 0.25) is 0 Å². The lowest BCUT2D eigenvalue weighted by atomic mass is 9.90. The molecule has 3 rings (SSSR count). The first-order chi connectivity index (χ1) is 13.8. The molecular formula is C24H28BNO3. The number of benzene rings is 2. The van der Waals surface area contributed by atoms with Crippen molar-refractivity contribution >= 4 is 25.2 Å². The van der Waals surface area contributed by atoms with Gasteiger partial charge in [0.05, 0.1) is 11.2 Å². The highest BCUT2D eigenvalue weighted by molar-refractivity contribution is 6.51. The molecule has 1 N–H and O–H groups in total. The van der Waals surface area contributed by atoms with Crippen molar-refractivity contribution in [1.82, 2.24) is 5.32 Å². The van der Waals surface area contributed by atoms with Crippen LogP contribution in [0.4, 0.5) is 0 Å². The van der Waals surface area contributed by atoms with Crippen LogP contribution < -0.4 is 5.32 Å². The number of amides is 1. The summed E-state index contributed by atoms with van der Waals surface area (Å²) in [6.07, 6.45) is 5.94. The predicted octanol–water partition coefficient (Wildman–Crippen LogP) is 4.77. The molecular weight excluding hydrogens is 361 g/mol. The summed E-state index contributed by atoms with van der Waals surface area (Å²) in [5, 5.41) is 2.89. The maximum Gasteiger partial charge on any atom is 0.486 e. The Hall–Kier alpha value is -2.63. The molecule has 1 aliphatic heterocycles. The van der Waals surface area contributed by atoms with E-state index in [4.69, 9.17) is 9.31 Å². The van der Waals surface area contributed by atoms with Crippen LogP contribution in [0, 0.1) is 0 Å². The lowest BCUT2D eigenvalue weighted by molar-refractivity contribution is 0.00578. The van der Waals surface area contributed by atoms with Gasteiger partial charge in [-0.2, -0.15) is 0 Å². The van der Waals surface area contributed by atoms with E-state index in [2.05, 4.69) is 23.5 Å². The van der Waals surface area contributed by atoms with Crippen molar-refractivity contribution in [1.29, 1.82) is 0 Å². The summed E-state index contributed by atoms with van der Waals surface area (Å²) in [6.45, 7) is 8.48. The average molecular weight is 389 g/mol. The Kier molecular flexibility index (Phi) is 6.41. The van der Waals surface area contributed by atoms with Gasteiger partial charge >= 0.3 is 7.12 Å². The van der Waals surface area contributed by atoms with Gasteiger partial charge in [-0.05, 0) is 51.0 Å². The van der Waals surface area contributed by atoms with Gasteiger partial charge < -0.3 is 14.6 Å². The Bertz CT molecular complexity index is 870. The number of carbonyl (C=O) groups is 1. The van der Waals surface area contributed by atoms with Crippen molar-refractivity contribution in [3.8, 4) is 0 Å². The van der Waals surface area contributed by atoms with Gasteiger partial charge in [0.2, 0.25) is 0 Å². The molecule has 5 heteroatoms. The molecule has 0 atom stereocenters. The highest BCUT2D eigenvalue weighted by atomic mass is 16.7. The zero-order valence-corrected chi connectivity index (χ0v) is 17.5. The second-order valence-corrected chi connectivity index (χ2v) is 8.13. The van der Waals surface area contributed by atoms with E-state index in [0.29, 0.717) is 12.1 Å². The van der Waals surface area contributed by atoms with Crippen LogP contribution in [-0.2, 0) is 9.31 Å². The SMILES string of the molecule is CC1(C)OB(/C=C/CNC(=O)c2ccc(/C=C/c3ccccc3)cc2)OC1(C)C. The topological polar surface area (TPSA) is 47.6 Å². The molecule has 4 nitrogen and oxygen atoms in total. The monoisotopic (exact) mass is 389 g/mol. The first kappa shape index (κ1) is 21.1. The summed E-state index contributed by atoms with van der Waals surface area (Å²) in [7, 11) is -0.396. The molecule has 0 bridgehead atoms. The fourth-order valence-electron chi connectivity index (χ4n) is 2.90. The summed E-state index contributed by atoms with van der Waals surface area (Å²) >= 11 is 0. The summed E-state index contributed by atoms with van der Waals surface area (Å²) in [5.74, 6) is 1.73. The van der Waals surface area contributed by atoms with Gasteiger partial charge in [-0.25, -0.2) is 0 Å². The van der Waals surface area contributed by atoms with Crippen molar-refractivity contribution in [2.24, 2.45) is 0 Å². The van der Waals surface area contributed by atoms with E-state index in [0.717, 1.165) is 11.1 Å². The van der Waals surface area contributed by atoms with Crippen molar-refractivity contribution in [3.63, 3.8) is 0 Å². The zero-order valence-electron chi connectivity index (χ0n) is 17.5. The van der Waals surface area contributed by atoms with E-state index in [9.17, 15) is 4.79 Å². The van der Waals surface area contributed by atoms with Gasteiger partial charge in [-0.1, -0.05) is 66.7 Å². The fraction of sp³-hybridized carbons (Fsp3) is 0.292. The van der Waals surface area contributed by atoms with Crippen molar-refractivity contribution in [3.05, 3.63) is 83.3 Å².